The third-order valence-corrected chi connectivity index (χ3v) is 4.75. The second-order valence-electron chi connectivity index (χ2n) is 6.27. The number of likely N-dealkylation sites (tertiary alicyclic amines) is 1. The van der Waals surface area contributed by atoms with Gasteiger partial charge in [-0.3, -0.25) is 9.69 Å². The zero-order chi connectivity index (χ0) is 15.5. The lowest BCUT2D eigenvalue weighted by Gasteiger charge is -2.36. The number of nitrogens with zero attached hydrogens (tertiary/aromatic N) is 1. The average Bonchev–Trinajstić information content (AvgIpc) is 2.73. The molecule has 0 aromatic heterocycles. The summed E-state index contributed by atoms with van der Waals surface area (Å²) in [6, 6.07) is 4.83. The van der Waals surface area contributed by atoms with Crippen molar-refractivity contribution in [3.8, 4) is 0 Å². The van der Waals surface area contributed by atoms with E-state index in [4.69, 9.17) is 11.6 Å². The van der Waals surface area contributed by atoms with Crippen LogP contribution in [0.3, 0.4) is 0 Å². The molecule has 0 N–H and O–H groups in total. The molecule has 1 saturated heterocycles. The molecule has 0 atom stereocenters. The zero-order valence-electron chi connectivity index (χ0n) is 12.8. The van der Waals surface area contributed by atoms with Crippen LogP contribution < -0.4 is 0 Å². The molecule has 1 heterocycles. The topological polar surface area (TPSA) is 20.3 Å². The van der Waals surface area contributed by atoms with Gasteiger partial charge in [-0.1, -0.05) is 36.6 Å². The van der Waals surface area contributed by atoms with E-state index in [-0.39, 0.29) is 17.2 Å². The first-order valence-electron chi connectivity index (χ1n) is 7.64. The van der Waals surface area contributed by atoms with Crippen LogP contribution in [0.15, 0.2) is 18.2 Å². The predicted octanol–water partition coefficient (Wildman–Crippen LogP) is 4.25. The van der Waals surface area contributed by atoms with Crippen LogP contribution in [0.2, 0.25) is 5.02 Å². The standard InChI is InChI=1S/C17H23ClFNO/c1-17(2,20-10-5-3-4-6-11-20)15(21)12-13-8-7-9-14(18)16(13)19/h7-9H,3-6,10-12H2,1-2H3. The van der Waals surface area contributed by atoms with Gasteiger partial charge < -0.3 is 0 Å². The Kier molecular flexibility index (Phi) is 5.39. The molecule has 4 heteroatoms. The van der Waals surface area contributed by atoms with Crippen molar-refractivity contribution < 1.29 is 9.18 Å². The summed E-state index contributed by atoms with van der Waals surface area (Å²) in [6.45, 7) is 5.78. The quantitative estimate of drug-likeness (QED) is 0.828. The fourth-order valence-electron chi connectivity index (χ4n) is 2.88. The molecule has 1 aromatic rings. The minimum atomic E-state index is -0.556. The summed E-state index contributed by atoms with van der Waals surface area (Å²) in [4.78, 5) is 14.9. The van der Waals surface area contributed by atoms with Crippen LogP contribution in [0.5, 0.6) is 0 Å². The first-order valence-corrected chi connectivity index (χ1v) is 8.02. The molecule has 0 amide bonds. The molecule has 1 aliphatic rings. The van der Waals surface area contributed by atoms with E-state index in [0.717, 1.165) is 25.9 Å². The lowest BCUT2D eigenvalue weighted by Crippen LogP contribution is -2.51. The molecule has 116 valence electrons. The smallest absolute Gasteiger partial charge is 0.156 e. The third-order valence-electron chi connectivity index (χ3n) is 4.46. The highest BCUT2D eigenvalue weighted by Gasteiger charge is 2.34. The van der Waals surface area contributed by atoms with Crippen molar-refractivity contribution in [1.29, 1.82) is 0 Å². The molecule has 0 bridgehead atoms. The van der Waals surface area contributed by atoms with Crippen LogP contribution in [0.4, 0.5) is 4.39 Å². The SMILES string of the molecule is CC(C)(C(=O)Cc1cccc(Cl)c1F)N1CCCCCC1. The molecule has 1 aliphatic heterocycles. The molecular weight excluding hydrogens is 289 g/mol. The van der Waals surface area contributed by atoms with Crippen molar-refractivity contribution in [3.63, 3.8) is 0 Å². The summed E-state index contributed by atoms with van der Waals surface area (Å²) in [5.41, 5.74) is -0.172. The molecule has 21 heavy (non-hydrogen) atoms. The Bertz CT molecular complexity index is 508. The van der Waals surface area contributed by atoms with Gasteiger partial charge in [0.1, 0.15) is 5.82 Å². The lowest BCUT2D eigenvalue weighted by atomic mass is 9.91. The molecule has 2 nitrogen and oxygen atoms in total. The third kappa shape index (κ3) is 3.83. The highest BCUT2D eigenvalue weighted by Crippen LogP contribution is 2.25. The fourth-order valence-corrected chi connectivity index (χ4v) is 3.07. The van der Waals surface area contributed by atoms with E-state index < -0.39 is 11.4 Å². The largest absolute Gasteiger partial charge is 0.297 e. The molecule has 1 aromatic carbocycles. The van der Waals surface area contributed by atoms with E-state index in [1.165, 1.54) is 18.9 Å². The summed E-state index contributed by atoms with van der Waals surface area (Å²) in [5.74, 6) is -0.426. The van der Waals surface area contributed by atoms with Gasteiger partial charge in [0, 0.05) is 6.42 Å². The van der Waals surface area contributed by atoms with Crippen molar-refractivity contribution in [1.82, 2.24) is 4.90 Å². The van der Waals surface area contributed by atoms with Crippen molar-refractivity contribution >= 4 is 17.4 Å². The molecule has 2 rings (SSSR count). The van der Waals surface area contributed by atoms with Crippen molar-refractivity contribution in [2.24, 2.45) is 0 Å². The second kappa shape index (κ2) is 6.89. The van der Waals surface area contributed by atoms with Crippen LogP contribution in [0.25, 0.3) is 0 Å². The number of ketones is 1. The van der Waals surface area contributed by atoms with Gasteiger partial charge in [0.25, 0.3) is 0 Å². The molecule has 0 radical (unpaired) electrons. The second-order valence-corrected chi connectivity index (χ2v) is 6.68. The van der Waals surface area contributed by atoms with Gasteiger partial charge in [-0.25, -0.2) is 4.39 Å². The molecule has 0 aliphatic carbocycles. The van der Waals surface area contributed by atoms with Crippen molar-refractivity contribution in [2.45, 2.75) is 51.5 Å². The van der Waals surface area contributed by atoms with E-state index in [0.29, 0.717) is 5.56 Å². The van der Waals surface area contributed by atoms with Gasteiger partial charge in [0.15, 0.2) is 5.78 Å². The van der Waals surface area contributed by atoms with Gasteiger partial charge in [-0.2, -0.15) is 0 Å². The van der Waals surface area contributed by atoms with Crippen LogP contribution >= 0.6 is 11.6 Å². The van der Waals surface area contributed by atoms with Crippen LogP contribution in [0, 0.1) is 5.82 Å². The summed E-state index contributed by atoms with van der Waals surface area (Å²) in [7, 11) is 0. The summed E-state index contributed by atoms with van der Waals surface area (Å²) in [5, 5.41) is 0.0767. The number of rotatable bonds is 4. The van der Waals surface area contributed by atoms with Gasteiger partial charge in [0.05, 0.1) is 10.6 Å². The maximum atomic E-state index is 14.0. The normalized spacial score (nSPS) is 17.5. The minimum absolute atomic E-state index is 0.0468. The Hall–Kier alpha value is -0.930. The average molecular weight is 312 g/mol. The highest BCUT2D eigenvalue weighted by atomic mass is 35.5. The predicted molar refractivity (Wildman–Crippen MR) is 84.2 cm³/mol. The van der Waals surface area contributed by atoms with Crippen LogP contribution in [-0.2, 0) is 11.2 Å². The zero-order valence-corrected chi connectivity index (χ0v) is 13.5. The Morgan fingerprint density at radius 1 is 1.24 bits per heavy atom. The summed E-state index contributed by atoms with van der Waals surface area (Å²) in [6.07, 6.45) is 4.80. The number of hydrogen-bond acceptors (Lipinski definition) is 2. The Labute approximate surface area is 131 Å². The van der Waals surface area contributed by atoms with E-state index in [1.54, 1.807) is 12.1 Å². The minimum Gasteiger partial charge on any atom is -0.297 e. The van der Waals surface area contributed by atoms with Gasteiger partial charge in [0.2, 0.25) is 0 Å². The number of hydrogen-bond donors (Lipinski definition) is 0. The summed E-state index contributed by atoms with van der Waals surface area (Å²) < 4.78 is 14.0. The molecule has 1 fully saturated rings. The maximum absolute atomic E-state index is 14.0. The van der Waals surface area contributed by atoms with Crippen molar-refractivity contribution in [3.05, 3.63) is 34.6 Å². The van der Waals surface area contributed by atoms with Gasteiger partial charge in [-0.05, 0) is 51.4 Å². The Morgan fingerprint density at radius 2 is 1.86 bits per heavy atom. The van der Waals surface area contributed by atoms with E-state index in [9.17, 15) is 9.18 Å². The number of carbonyl (C=O) groups excluding carboxylic acids is 1. The summed E-state index contributed by atoms with van der Waals surface area (Å²) >= 11 is 5.79. The lowest BCUT2D eigenvalue weighted by molar-refractivity contribution is -0.128. The number of Topliss-reactive ketones (excluding diaryl/α,β-unsaturated/α-hetero) is 1. The van der Waals surface area contributed by atoms with E-state index in [2.05, 4.69) is 4.90 Å². The van der Waals surface area contributed by atoms with E-state index in [1.807, 2.05) is 13.8 Å². The Morgan fingerprint density at radius 3 is 2.48 bits per heavy atom. The first-order chi connectivity index (χ1) is 9.93. The molecule has 0 saturated carbocycles. The maximum Gasteiger partial charge on any atom is 0.156 e. The first kappa shape index (κ1) is 16.4. The molecular formula is C17H23ClFNO. The number of halogens is 2. The van der Waals surface area contributed by atoms with Gasteiger partial charge >= 0.3 is 0 Å². The fraction of sp³-hybridized carbons (Fsp3) is 0.588. The highest BCUT2D eigenvalue weighted by molar-refractivity contribution is 6.30. The monoisotopic (exact) mass is 311 g/mol. The number of carbonyl (C=O) groups is 1. The van der Waals surface area contributed by atoms with Crippen molar-refractivity contribution in [2.75, 3.05) is 13.1 Å². The Balaban J connectivity index is 2.12. The van der Waals surface area contributed by atoms with Crippen LogP contribution in [0.1, 0.15) is 45.1 Å². The number of benzene rings is 1. The van der Waals surface area contributed by atoms with Gasteiger partial charge in [-0.15, -0.1) is 0 Å². The van der Waals surface area contributed by atoms with E-state index >= 15 is 0 Å². The molecule has 0 spiro atoms. The van der Waals surface area contributed by atoms with Crippen LogP contribution in [-0.4, -0.2) is 29.3 Å². The molecule has 0 unspecified atom stereocenters.